The number of nitrogens with zero attached hydrogens (tertiary/aromatic N) is 1. The summed E-state index contributed by atoms with van der Waals surface area (Å²) in [5.41, 5.74) is -1.69. The molecule has 2 atom stereocenters. The van der Waals surface area contributed by atoms with E-state index < -0.39 is 11.0 Å². The third-order valence-electron chi connectivity index (χ3n) is 4.48. The Balaban J connectivity index is 2.29. The van der Waals surface area contributed by atoms with Gasteiger partial charge in [-0.25, -0.2) is 0 Å². The quantitative estimate of drug-likeness (QED) is 0.795. The maximum Gasteiger partial charge on any atom is 0.109 e. The first-order chi connectivity index (χ1) is 8.18. The van der Waals surface area contributed by atoms with Gasteiger partial charge in [0.05, 0.1) is 17.6 Å². The smallest absolute Gasteiger partial charge is 0.109 e. The van der Waals surface area contributed by atoms with Crippen LogP contribution in [-0.4, -0.2) is 37.1 Å². The van der Waals surface area contributed by atoms with Gasteiger partial charge in [-0.15, -0.1) is 0 Å². The van der Waals surface area contributed by atoms with Crippen LogP contribution < -0.4 is 0 Å². The van der Waals surface area contributed by atoms with Crippen molar-refractivity contribution in [3.63, 3.8) is 0 Å². The van der Waals surface area contributed by atoms with Crippen LogP contribution in [0.2, 0.25) is 0 Å². The number of rotatable bonds is 2. The zero-order valence-electron chi connectivity index (χ0n) is 10.4. The first-order valence-corrected chi connectivity index (χ1v) is 6.43. The van der Waals surface area contributed by atoms with Crippen LogP contribution in [0.15, 0.2) is 0 Å². The summed E-state index contributed by atoms with van der Waals surface area (Å²) in [5.74, 6) is 0. The van der Waals surface area contributed by atoms with Crippen LogP contribution in [-0.2, 0) is 9.47 Å². The average molecular weight is 239 g/mol. The molecule has 2 aliphatic rings. The van der Waals surface area contributed by atoms with Gasteiger partial charge in [0.25, 0.3) is 0 Å². The summed E-state index contributed by atoms with van der Waals surface area (Å²) in [5, 5.41) is 20.6. The van der Waals surface area contributed by atoms with Crippen LogP contribution in [0.5, 0.6) is 0 Å². The van der Waals surface area contributed by atoms with Gasteiger partial charge in [-0.1, -0.05) is 12.8 Å². The van der Waals surface area contributed by atoms with Crippen molar-refractivity contribution >= 4 is 0 Å². The number of aliphatic hydroxyl groups is 1. The predicted octanol–water partition coefficient (Wildman–Crippen LogP) is 1.63. The lowest BCUT2D eigenvalue weighted by atomic mass is 9.61. The maximum atomic E-state index is 11.0. The van der Waals surface area contributed by atoms with Gasteiger partial charge in [-0.3, -0.25) is 0 Å². The van der Waals surface area contributed by atoms with E-state index in [4.69, 9.17) is 9.47 Å². The molecule has 0 aromatic carbocycles. The minimum Gasteiger partial charge on any atom is -0.385 e. The van der Waals surface area contributed by atoms with Crippen LogP contribution >= 0.6 is 0 Å². The molecule has 17 heavy (non-hydrogen) atoms. The Kier molecular flexibility index (Phi) is 3.72. The van der Waals surface area contributed by atoms with Crippen molar-refractivity contribution in [2.75, 3.05) is 20.3 Å². The van der Waals surface area contributed by atoms with Crippen LogP contribution in [0.1, 0.15) is 38.5 Å². The third-order valence-corrected chi connectivity index (χ3v) is 4.48. The second-order valence-electron chi connectivity index (χ2n) is 5.20. The van der Waals surface area contributed by atoms with E-state index in [9.17, 15) is 10.4 Å². The molecule has 0 aromatic rings. The fourth-order valence-electron chi connectivity index (χ4n) is 3.35. The molecule has 0 aromatic heterocycles. The monoisotopic (exact) mass is 239 g/mol. The molecule has 1 aliphatic carbocycles. The van der Waals surface area contributed by atoms with Crippen molar-refractivity contribution in [2.24, 2.45) is 5.41 Å². The maximum absolute atomic E-state index is 11.0. The molecule has 96 valence electrons. The van der Waals surface area contributed by atoms with E-state index in [2.05, 4.69) is 6.07 Å². The second-order valence-corrected chi connectivity index (χ2v) is 5.20. The van der Waals surface area contributed by atoms with E-state index in [-0.39, 0.29) is 6.10 Å². The molecule has 4 nitrogen and oxygen atoms in total. The lowest BCUT2D eigenvalue weighted by molar-refractivity contribution is -0.190. The SMILES string of the molecule is COC1CCCCC1(O)C1(C#N)CCOCC1. The van der Waals surface area contributed by atoms with Gasteiger partial charge in [0.2, 0.25) is 0 Å². The standard InChI is InChI=1S/C13H21NO3/c1-16-11-4-2-3-5-13(11,15)12(10-14)6-8-17-9-7-12/h11,15H,2-9H2,1H3. The topological polar surface area (TPSA) is 62.5 Å². The summed E-state index contributed by atoms with van der Waals surface area (Å²) in [4.78, 5) is 0. The highest BCUT2D eigenvalue weighted by molar-refractivity contribution is 5.16. The Labute approximate surface area is 103 Å². The average Bonchev–Trinajstić information content (AvgIpc) is 2.40. The van der Waals surface area contributed by atoms with Crippen molar-refractivity contribution in [1.29, 1.82) is 5.26 Å². The zero-order chi connectivity index (χ0) is 12.4. The molecule has 1 aliphatic heterocycles. The molecular weight excluding hydrogens is 218 g/mol. The van der Waals surface area contributed by atoms with Crippen LogP contribution in [0.25, 0.3) is 0 Å². The summed E-state index contributed by atoms with van der Waals surface area (Å²) < 4.78 is 10.8. The Morgan fingerprint density at radius 2 is 2.00 bits per heavy atom. The number of nitriles is 1. The van der Waals surface area contributed by atoms with E-state index in [1.165, 1.54) is 0 Å². The lowest BCUT2D eigenvalue weighted by Gasteiger charge is -2.50. The summed E-state index contributed by atoms with van der Waals surface area (Å²) >= 11 is 0. The number of hydrogen-bond donors (Lipinski definition) is 1. The molecule has 2 rings (SSSR count). The van der Waals surface area contributed by atoms with Gasteiger partial charge in [0.1, 0.15) is 5.60 Å². The van der Waals surface area contributed by atoms with Crippen molar-refractivity contribution in [2.45, 2.75) is 50.2 Å². The van der Waals surface area contributed by atoms with Gasteiger partial charge >= 0.3 is 0 Å². The first-order valence-electron chi connectivity index (χ1n) is 6.43. The highest BCUT2D eigenvalue weighted by Crippen LogP contribution is 2.49. The summed E-state index contributed by atoms with van der Waals surface area (Å²) in [7, 11) is 1.63. The molecule has 0 radical (unpaired) electrons. The molecule has 0 amide bonds. The molecule has 2 fully saturated rings. The number of hydrogen-bond acceptors (Lipinski definition) is 4. The molecule has 2 unspecified atom stereocenters. The van der Waals surface area contributed by atoms with Gasteiger partial charge in [0.15, 0.2) is 0 Å². The van der Waals surface area contributed by atoms with E-state index in [1.54, 1.807) is 7.11 Å². The van der Waals surface area contributed by atoms with Crippen molar-refractivity contribution in [1.82, 2.24) is 0 Å². The molecular formula is C13H21NO3. The minimum absolute atomic E-state index is 0.214. The highest BCUT2D eigenvalue weighted by atomic mass is 16.5. The normalized spacial score (nSPS) is 37.4. The van der Waals surface area contributed by atoms with Crippen LogP contribution in [0.3, 0.4) is 0 Å². The molecule has 0 spiro atoms. The summed E-state index contributed by atoms with van der Waals surface area (Å²) in [6.45, 7) is 1.12. The molecule has 1 N–H and O–H groups in total. The van der Waals surface area contributed by atoms with Crippen LogP contribution in [0, 0.1) is 16.7 Å². The van der Waals surface area contributed by atoms with Gasteiger partial charge in [-0.05, 0) is 25.7 Å². The van der Waals surface area contributed by atoms with Gasteiger partial charge in [-0.2, -0.15) is 5.26 Å². The van der Waals surface area contributed by atoms with E-state index >= 15 is 0 Å². The Morgan fingerprint density at radius 1 is 1.29 bits per heavy atom. The molecule has 1 heterocycles. The van der Waals surface area contributed by atoms with E-state index in [0.717, 1.165) is 19.3 Å². The van der Waals surface area contributed by atoms with Crippen molar-refractivity contribution in [3.8, 4) is 6.07 Å². The molecule has 1 saturated carbocycles. The predicted molar refractivity (Wildman–Crippen MR) is 62.3 cm³/mol. The largest absolute Gasteiger partial charge is 0.385 e. The third kappa shape index (κ3) is 1.97. The van der Waals surface area contributed by atoms with Crippen molar-refractivity contribution < 1.29 is 14.6 Å². The number of methoxy groups -OCH3 is 1. The number of ether oxygens (including phenoxy) is 2. The van der Waals surface area contributed by atoms with E-state index in [1.807, 2.05) is 0 Å². The fraction of sp³-hybridized carbons (Fsp3) is 0.923. The molecule has 4 heteroatoms. The Bertz CT molecular complexity index is 306. The van der Waals surface area contributed by atoms with E-state index in [0.29, 0.717) is 32.5 Å². The molecule has 1 saturated heterocycles. The zero-order valence-corrected chi connectivity index (χ0v) is 10.4. The Hall–Kier alpha value is -0.630. The first kappa shape index (κ1) is 12.8. The summed E-state index contributed by atoms with van der Waals surface area (Å²) in [6.07, 6.45) is 4.56. The van der Waals surface area contributed by atoms with Crippen molar-refractivity contribution in [3.05, 3.63) is 0 Å². The Morgan fingerprint density at radius 3 is 2.59 bits per heavy atom. The fourth-order valence-corrected chi connectivity index (χ4v) is 3.35. The highest BCUT2D eigenvalue weighted by Gasteiger charge is 2.56. The van der Waals surface area contributed by atoms with Gasteiger partial charge < -0.3 is 14.6 Å². The lowest BCUT2D eigenvalue weighted by Crippen LogP contribution is -2.59. The van der Waals surface area contributed by atoms with Gasteiger partial charge in [0, 0.05) is 20.3 Å². The second kappa shape index (κ2) is 4.93. The summed E-state index contributed by atoms with van der Waals surface area (Å²) in [6, 6.07) is 2.38. The minimum atomic E-state index is -1.00. The molecule has 0 bridgehead atoms. The van der Waals surface area contributed by atoms with Crippen LogP contribution in [0.4, 0.5) is 0 Å².